The quantitative estimate of drug-likeness (QED) is 0.0931. The highest BCUT2D eigenvalue weighted by molar-refractivity contribution is 7.03. The first-order chi connectivity index (χ1) is 19.7. The molecule has 0 bridgehead atoms. The zero-order valence-electron chi connectivity index (χ0n) is 23.2. The van der Waals surface area contributed by atoms with E-state index < -0.39 is 8.07 Å². The maximum absolute atomic E-state index is 5.87. The molecule has 0 heterocycles. The Morgan fingerprint density at radius 3 is 1.45 bits per heavy atom. The SMILES string of the molecule is C=CC(C)C[Si](c1ccccc1)(c1ccccc1)C(Cc1ccccc1)N=C(c1ccccc1)c1ccccc1. The summed E-state index contributed by atoms with van der Waals surface area (Å²) in [5.74, 6) is 0.345. The van der Waals surface area contributed by atoms with E-state index in [-0.39, 0.29) is 5.67 Å². The van der Waals surface area contributed by atoms with Crippen LogP contribution in [0.15, 0.2) is 169 Å². The third kappa shape index (κ3) is 6.14. The van der Waals surface area contributed by atoms with Gasteiger partial charge in [0, 0.05) is 11.1 Å². The molecule has 0 aliphatic heterocycles. The number of nitrogens with zero attached hydrogens (tertiary/aromatic N) is 1. The van der Waals surface area contributed by atoms with E-state index in [1.54, 1.807) is 0 Å². The first kappa shape index (κ1) is 27.3. The van der Waals surface area contributed by atoms with Crippen LogP contribution < -0.4 is 10.4 Å². The first-order valence-electron chi connectivity index (χ1n) is 14.2. The van der Waals surface area contributed by atoms with E-state index in [4.69, 9.17) is 4.99 Å². The minimum absolute atomic E-state index is 0.0533. The Hall–Kier alpha value is -4.27. The van der Waals surface area contributed by atoms with Gasteiger partial charge in [-0.15, -0.1) is 6.58 Å². The van der Waals surface area contributed by atoms with E-state index in [0.29, 0.717) is 5.92 Å². The minimum Gasteiger partial charge on any atom is -0.283 e. The lowest BCUT2D eigenvalue weighted by atomic mass is 10.0. The fraction of sp³-hybridized carbons (Fsp3) is 0.132. The number of hydrogen-bond donors (Lipinski definition) is 0. The zero-order chi connectivity index (χ0) is 27.6. The maximum atomic E-state index is 5.87. The van der Waals surface area contributed by atoms with Gasteiger partial charge in [-0.1, -0.05) is 175 Å². The van der Waals surface area contributed by atoms with Crippen LogP contribution in [0.2, 0.25) is 6.04 Å². The minimum atomic E-state index is -2.53. The predicted octanol–water partition coefficient (Wildman–Crippen LogP) is 7.76. The number of benzene rings is 5. The van der Waals surface area contributed by atoms with Crippen molar-refractivity contribution in [1.82, 2.24) is 0 Å². The van der Waals surface area contributed by atoms with Crippen molar-refractivity contribution in [1.29, 1.82) is 0 Å². The highest BCUT2D eigenvalue weighted by Gasteiger charge is 2.45. The van der Waals surface area contributed by atoms with Crippen LogP contribution in [0.4, 0.5) is 0 Å². The van der Waals surface area contributed by atoms with Crippen molar-refractivity contribution in [3.63, 3.8) is 0 Å². The first-order valence-corrected chi connectivity index (χ1v) is 16.5. The Morgan fingerprint density at radius 1 is 0.625 bits per heavy atom. The molecule has 0 N–H and O–H groups in total. The summed E-state index contributed by atoms with van der Waals surface area (Å²) in [5, 5.41) is 2.83. The summed E-state index contributed by atoms with van der Waals surface area (Å²) >= 11 is 0. The molecule has 5 rings (SSSR count). The van der Waals surface area contributed by atoms with Gasteiger partial charge in [0.25, 0.3) is 0 Å². The van der Waals surface area contributed by atoms with Gasteiger partial charge in [-0.3, -0.25) is 4.99 Å². The third-order valence-electron chi connectivity index (χ3n) is 7.84. The van der Waals surface area contributed by atoms with Crippen molar-refractivity contribution in [3.8, 4) is 0 Å². The van der Waals surface area contributed by atoms with Crippen molar-refractivity contribution >= 4 is 24.2 Å². The smallest absolute Gasteiger partial charge is 0.144 e. The Kier molecular flexibility index (Phi) is 9.00. The maximum Gasteiger partial charge on any atom is 0.144 e. The summed E-state index contributed by atoms with van der Waals surface area (Å²) < 4.78 is 0. The highest BCUT2D eigenvalue weighted by atomic mass is 28.3. The molecule has 0 saturated heterocycles. The van der Waals surface area contributed by atoms with Gasteiger partial charge in [-0.25, -0.2) is 0 Å². The second kappa shape index (κ2) is 13.2. The van der Waals surface area contributed by atoms with Crippen LogP contribution in [0.1, 0.15) is 23.6 Å². The molecule has 1 nitrogen and oxygen atoms in total. The van der Waals surface area contributed by atoms with Crippen LogP contribution in [-0.4, -0.2) is 19.5 Å². The largest absolute Gasteiger partial charge is 0.283 e. The second-order valence-corrected chi connectivity index (χ2v) is 14.7. The summed E-state index contributed by atoms with van der Waals surface area (Å²) in [6, 6.07) is 55.6. The molecular formula is C38H37NSi. The van der Waals surface area contributed by atoms with Gasteiger partial charge in [0.05, 0.1) is 11.4 Å². The van der Waals surface area contributed by atoms with E-state index in [0.717, 1.165) is 29.3 Å². The summed E-state index contributed by atoms with van der Waals surface area (Å²) in [5.41, 5.74) is 4.71. The molecule has 198 valence electrons. The summed E-state index contributed by atoms with van der Waals surface area (Å²) in [6.45, 7) is 6.52. The standard InChI is InChI=1S/C38H37NSi/c1-3-31(2)30-40(35-25-15-7-16-26-35,36-27-17-8-18-28-36)37(29-32-19-9-4-10-20-32)39-38(33-21-11-5-12-22-33)34-23-13-6-14-24-34/h3-28,31,37H,1,29-30H2,2H3. The molecule has 2 unspecified atom stereocenters. The van der Waals surface area contributed by atoms with Crippen molar-refractivity contribution in [2.75, 3.05) is 0 Å². The molecule has 2 atom stereocenters. The number of allylic oxidation sites excluding steroid dienone is 1. The van der Waals surface area contributed by atoms with Crippen molar-refractivity contribution in [3.05, 3.63) is 181 Å². The van der Waals surface area contributed by atoms with E-state index >= 15 is 0 Å². The van der Waals surface area contributed by atoms with Gasteiger partial charge in [0.1, 0.15) is 8.07 Å². The Balaban J connectivity index is 1.83. The topological polar surface area (TPSA) is 12.4 Å². The number of rotatable bonds is 11. The lowest BCUT2D eigenvalue weighted by Crippen LogP contribution is -2.67. The zero-order valence-corrected chi connectivity index (χ0v) is 24.2. The van der Waals surface area contributed by atoms with Crippen LogP contribution in [-0.2, 0) is 6.42 Å². The molecule has 0 radical (unpaired) electrons. The van der Waals surface area contributed by atoms with Crippen LogP contribution in [0.3, 0.4) is 0 Å². The van der Waals surface area contributed by atoms with Crippen molar-refractivity contribution in [2.24, 2.45) is 10.9 Å². The lowest BCUT2D eigenvalue weighted by molar-refractivity contribution is 0.777. The van der Waals surface area contributed by atoms with Crippen LogP contribution in [0.25, 0.3) is 0 Å². The summed E-state index contributed by atoms with van der Waals surface area (Å²) in [6.07, 6.45) is 2.98. The molecule has 0 aliphatic rings. The van der Waals surface area contributed by atoms with Gasteiger partial charge in [0.2, 0.25) is 0 Å². The van der Waals surface area contributed by atoms with Crippen LogP contribution >= 0.6 is 0 Å². The Bertz CT molecular complexity index is 1420. The average Bonchev–Trinajstić information content (AvgIpc) is 3.04. The number of hydrogen-bond acceptors (Lipinski definition) is 1. The molecule has 0 aromatic heterocycles. The van der Waals surface area contributed by atoms with Gasteiger partial charge in [0.15, 0.2) is 0 Å². The highest BCUT2D eigenvalue weighted by Crippen LogP contribution is 2.28. The Morgan fingerprint density at radius 2 is 1.02 bits per heavy atom. The van der Waals surface area contributed by atoms with E-state index in [9.17, 15) is 0 Å². The molecule has 0 saturated carbocycles. The number of aliphatic imine (C=N–C) groups is 1. The van der Waals surface area contributed by atoms with Gasteiger partial charge < -0.3 is 0 Å². The lowest BCUT2D eigenvalue weighted by Gasteiger charge is -2.40. The molecule has 0 fully saturated rings. The van der Waals surface area contributed by atoms with Gasteiger partial charge >= 0.3 is 0 Å². The van der Waals surface area contributed by atoms with Crippen molar-refractivity contribution < 1.29 is 0 Å². The molecular weight excluding hydrogens is 499 g/mol. The second-order valence-electron chi connectivity index (χ2n) is 10.5. The summed E-state index contributed by atoms with van der Waals surface area (Å²) in [4.78, 5) is 5.87. The summed E-state index contributed by atoms with van der Waals surface area (Å²) in [7, 11) is -2.53. The van der Waals surface area contributed by atoms with Crippen LogP contribution in [0, 0.1) is 5.92 Å². The fourth-order valence-corrected chi connectivity index (χ4v) is 11.4. The molecule has 0 amide bonds. The molecule has 0 aliphatic carbocycles. The normalized spacial score (nSPS) is 12.7. The molecule has 5 aromatic carbocycles. The van der Waals surface area contributed by atoms with Crippen molar-refractivity contribution in [2.45, 2.75) is 25.1 Å². The monoisotopic (exact) mass is 535 g/mol. The van der Waals surface area contributed by atoms with Gasteiger partial charge in [-0.2, -0.15) is 0 Å². The molecule has 5 aromatic rings. The van der Waals surface area contributed by atoms with E-state index in [2.05, 4.69) is 171 Å². The van der Waals surface area contributed by atoms with E-state index in [1.165, 1.54) is 15.9 Å². The predicted molar refractivity (Wildman–Crippen MR) is 175 cm³/mol. The van der Waals surface area contributed by atoms with Gasteiger partial charge in [-0.05, 0) is 23.9 Å². The van der Waals surface area contributed by atoms with E-state index in [1.807, 2.05) is 0 Å². The average molecular weight is 536 g/mol. The van der Waals surface area contributed by atoms with Crippen LogP contribution in [0.5, 0.6) is 0 Å². The molecule has 0 spiro atoms. The molecule has 2 heteroatoms. The Labute approximate surface area is 240 Å². The molecule has 40 heavy (non-hydrogen) atoms. The third-order valence-corrected chi connectivity index (χ3v) is 13.3. The fourth-order valence-electron chi connectivity index (χ4n) is 5.82.